The molecule has 14 nitrogen and oxygen atoms in total. The Morgan fingerprint density at radius 1 is 0.660 bits per heavy atom. The Morgan fingerprint density at radius 3 is 2.04 bits per heavy atom. The van der Waals surface area contributed by atoms with Crippen LogP contribution in [0.4, 0.5) is 34.8 Å². The molecule has 238 valence electrons. The molecular weight excluding hydrogens is 594 g/mol. The molecule has 5 N–H and O–H groups in total. The van der Waals surface area contributed by atoms with Crippen LogP contribution in [-0.2, 0) is 0 Å². The van der Waals surface area contributed by atoms with Gasteiger partial charge < -0.3 is 36.1 Å². The van der Waals surface area contributed by atoms with Gasteiger partial charge in [-0.2, -0.15) is 4.98 Å². The first-order valence-corrected chi connectivity index (χ1v) is 15.6. The molecule has 0 aromatic carbocycles. The van der Waals surface area contributed by atoms with Crippen LogP contribution in [0.5, 0.6) is 0 Å². The molecule has 0 unspecified atom stereocenters. The van der Waals surface area contributed by atoms with Crippen molar-refractivity contribution in [1.82, 2.24) is 45.5 Å². The van der Waals surface area contributed by atoms with Crippen LogP contribution >= 0.6 is 0 Å². The summed E-state index contributed by atoms with van der Waals surface area (Å²) in [5, 5.41) is 14.6. The van der Waals surface area contributed by atoms with E-state index < -0.39 is 0 Å². The summed E-state index contributed by atoms with van der Waals surface area (Å²) < 4.78 is 0. The first-order chi connectivity index (χ1) is 23.2. The number of piperazine rings is 2. The maximum absolute atomic E-state index is 11.8. The van der Waals surface area contributed by atoms with Crippen molar-refractivity contribution >= 4 is 56.8 Å². The van der Waals surface area contributed by atoms with Gasteiger partial charge in [-0.25, -0.2) is 24.9 Å². The summed E-state index contributed by atoms with van der Waals surface area (Å²) in [7, 11) is 0. The van der Waals surface area contributed by atoms with Gasteiger partial charge in [-0.1, -0.05) is 0 Å². The highest BCUT2D eigenvalue weighted by Crippen LogP contribution is 2.22. The van der Waals surface area contributed by atoms with E-state index in [1.165, 1.54) is 6.07 Å². The summed E-state index contributed by atoms with van der Waals surface area (Å²) in [6.07, 6.45) is 8.69. The summed E-state index contributed by atoms with van der Waals surface area (Å²) in [5.74, 6) is 2.61. The van der Waals surface area contributed by atoms with E-state index in [4.69, 9.17) is 0 Å². The van der Waals surface area contributed by atoms with Crippen LogP contribution in [-0.4, -0.2) is 87.2 Å². The lowest BCUT2D eigenvalue weighted by molar-refractivity contribution is 0.589. The van der Waals surface area contributed by atoms with Crippen molar-refractivity contribution in [3.63, 3.8) is 0 Å². The molecule has 0 spiro atoms. The fourth-order valence-electron chi connectivity index (χ4n) is 5.51. The van der Waals surface area contributed by atoms with Crippen molar-refractivity contribution in [3.8, 4) is 0 Å². The molecule has 47 heavy (non-hydrogen) atoms. The second-order valence-electron chi connectivity index (χ2n) is 11.1. The number of fused-ring (bicyclic) bond motifs is 2. The smallest absolute Gasteiger partial charge is 0.230 e. The largest absolute Gasteiger partial charge is 0.369 e. The third kappa shape index (κ3) is 7.40. The fourth-order valence-corrected chi connectivity index (χ4v) is 5.51. The van der Waals surface area contributed by atoms with Crippen molar-refractivity contribution in [3.05, 3.63) is 95.8 Å². The van der Waals surface area contributed by atoms with Crippen molar-refractivity contribution < 1.29 is 0 Å². The van der Waals surface area contributed by atoms with Crippen LogP contribution in [0.25, 0.3) is 22.1 Å². The minimum Gasteiger partial charge on any atom is -0.369 e. The molecule has 14 heteroatoms. The lowest BCUT2D eigenvalue weighted by Crippen LogP contribution is -2.43. The Hall–Kier alpha value is -5.73. The molecule has 0 aliphatic carbocycles. The zero-order valence-electron chi connectivity index (χ0n) is 25.7. The fraction of sp³-hybridized carbons (Fsp3) is 0.242. The van der Waals surface area contributed by atoms with Crippen molar-refractivity contribution in [2.45, 2.75) is 0 Å². The molecule has 0 atom stereocenters. The van der Waals surface area contributed by atoms with Gasteiger partial charge in [0.25, 0.3) is 0 Å². The van der Waals surface area contributed by atoms with E-state index in [2.05, 4.69) is 66.0 Å². The Balaban J connectivity index is 0.000000150. The maximum Gasteiger partial charge on any atom is 0.230 e. The number of aromatic nitrogens is 7. The van der Waals surface area contributed by atoms with E-state index in [0.29, 0.717) is 28.4 Å². The zero-order valence-corrected chi connectivity index (χ0v) is 25.7. The first-order valence-electron chi connectivity index (χ1n) is 15.6. The third-order valence-corrected chi connectivity index (χ3v) is 7.92. The monoisotopic (exact) mass is 629 g/mol. The summed E-state index contributed by atoms with van der Waals surface area (Å²) >= 11 is 0. The number of hydrogen-bond acceptors (Lipinski definition) is 13. The average Bonchev–Trinajstić information content (AvgIpc) is 3.13. The number of anilines is 6. The third-order valence-electron chi connectivity index (χ3n) is 7.92. The molecule has 0 saturated carbocycles. The van der Waals surface area contributed by atoms with E-state index in [-0.39, 0.29) is 5.43 Å². The molecule has 6 aromatic rings. The van der Waals surface area contributed by atoms with E-state index in [9.17, 15) is 4.79 Å². The number of H-pyrrole nitrogens is 1. The normalized spacial score (nSPS) is 14.8. The van der Waals surface area contributed by atoms with Crippen molar-refractivity contribution in [1.29, 1.82) is 0 Å². The predicted molar refractivity (Wildman–Crippen MR) is 185 cm³/mol. The highest BCUT2D eigenvalue weighted by Gasteiger charge is 2.13. The second-order valence-corrected chi connectivity index (χ2v) is 11.1. The molecule has 2 aliphatic heterocycles. The lowest BCUT2D eigenvalue weighted by atomic mass is 10.2. The van der Waals surface area contributed by atoms with Crippen LogP contribution in [0.15, 0.2) is 90.4 Å². The van der Waals surface area contributed by atoms with E-state index in [0.717, 1.165) is 80.8 Å². The topological polar surface area (TPSA) is 165 Å². The van der Waals surface area contributed by atoms with Gasteiger partial charge in [-0.3, -0.25) is 4.79 Å². The van der Waals surface area contributed by atoms with Crippen LogP contribution < -0.4 is 36.5 Å². The minimum atomic E-state index is -0.0402. The van der Waals surface area contributed by atoms with Gasteiger partial charge in [-0.15, -0.1) is 0 Å². The Labute approximate surface area is 270 Å². The molecule has 6 aromatic heterocycles. The summed E-state index contributed by atoms with van der Waals surface area (Å²) in [4.78, 5) is 45.6. The summed E-state index contributed by atoms with van der Waals surface area (Å²) in [6.45, 7) is 7.96. The lowest BCUT2D eigenvalue weighted by Gasteiger charge is -2.29. The molecule has 0 amide bonds. The second kappa shape index (κ2) is 14.1. The SMILES string of the molecule is O=c1cc[nH]c2nc(Nc3cc(N4CCNCC4)ccn3)ccc12.c1cnc2nc(Nc3cc(N4CCNCC4)ccn3)ncc2c1. The summed E-state index contributed by atoms with van der Waals surface area (Å²) in [5.41, 5.74) is 3.49. The Bertz CT molecular complexity index is 2020. The van der Waals surface area contributed by atoms with Crippen LogP contribution in [0.1, 0.15) is 0 Å². The average molecular weight is 630 g/mol. The van der Waals surface area contributed by atoms with Gasteiger partial charge in [0.1, 0.15) is 23.1 Å². The van der Waals surface area contributed by atoms with Gasteiger partial charge in [0.05, 0.1) is 5.39 Å². The molecule has 8 rings (SSSR count). The molecule has 0 bridgehead atoms. The highest BCUT2D eigenvalue weighted by atomic mass is 16.1. The van der Waals surface area contributed by atoms with Crippen LogP contribution in [0.3, 0.4) is 0 Å². The molecule has 2 aliphatic rings. The van der Waals surface area contributed by atoms with Crippen LogP contribution in [0, 0.1) is 0 Å². The quantitative estimate of drug-likeness (QED) is 0.183. The minimum absolute atomic E-state index is 0.0402. The standard InChI is InChI=1S/C17H18N6O.C16H17N7/c24-14-4-6-20-17-13(14)1-2-15(22-17)21-16-11-12(3-5-19-16)23-9-7-18-8-10-23;1-2-12-11-20-16(22-15(12)19-4-1)21-14-10-13(3-5-18-14)23-8-6-17-7-9-23/h1-6,11,18H,7-10H2,(H2,19,20,21,22,24);1-5,10-11,17H,6-9H2,(H,18,19,20,21,22). The van der Waals surface area contributed by atoms with Gasteiger partial charge in [0, 0.05) is 118 Å². The number of pyridine rings is 5. The predicted octanol–water partition coefficient (Wildman–Crippen LogP) is 3.04. The van der Waals surface area contributed by atoms with Crippen molar-refractivity contribution in [2.75, 3.05) is 72.8 Å². The van der Waals surface area contributed by atoms with E-state index >= 15 is 0 Å². The Morgan fingerprint density at radius 2 is 1.34 bits per heavy atom. The molecule has 8 heterocycles. The molecule has 2 fully saturated rings. The molecular formula is C33H35N13O. The Kier molecular flexibility index (Phi) is 9.01. The highest BCUT2D eigenvalue weighted by molar-refractivity contribution is 5.77. The summed E-state index contributed by atoms with van der Waals surface area (Å²) in [6, 6.07) is 17.0. The first kappa shape index (κ1) is 30.0. The number of nitrogens with zero attached hydrogens (tertiary/aromatic N) is 8. The van der Waals surface area contributed by atoms with E-state index in [1.807, 2.05) is 36.4 Å². The molecule has 2 saturated heterocycles. The van der Waals surface area contributed by atoms with Gasteiger partial charge in [-0.05, 0) is 36.4 Å². The number of rotatable bonds is 6. The number of aromatic amines is 1. The van der Waals surface area contributed by atoms with E-state index in [1.54, 1.807) is 43.1 Å². The number of hydrogen-bond donors (Lipinski definition) is 5. The number of nitrogens with one attached hydrogen (secondary N) is 5. The molecule has 0 radical (unpaired) electrons. The van der Waals surface area contributed by atoms with Gasteiger partial charge in [0.2, 0.25) is 5.95 Å². The van der Waals surface area contributed by atoms with Gasteiger partial charge >= 0.3 is 0 Å². The van der Waals surface area contributed by atoms with Crippen molar-refractivity contribution in [2.24, 2.45) is 0 Å². The van der Waals surface area contributed by atoms with Crippen LogP contribution in [0.2, 0.25) is 0 Å². The maximum atomic E-state index is 11.8. The van der Waals surface area contributed by atoms with Gasteiger partial charge in [0.15, 0.2) is 11.1 Å². The zero-order chi connectivity index (χ0) is 31.8.